The Labute approximate surface area is 47.9 Å². The van der Waals surface area contributed by atoms with Crippen molar-refractivity contribution < 1.29 is 14.3 Å². The normalized spacial score (nSPS) is 9.25. The summed E-state index contributed by atoms with van der Waals surface area (Å²) in [5, 5.41) is 0. The van der Waals surface area contributed by atoms with E-state index in [1.54, 1.807) is 0 Å². The van der Waals surface area contributed by atoms with Crippen molar-refractivity contribution in [3.8, 4) is 0 Å². The predicted octanol–water partition coefficient (Wildman–Crippen LogP) is 0.123. The summed E-state index contributed by atoms with van der Waals surface area (Å²) in [5.74, 6) is -0.535. The highest BCUT2D eigenvalue weighted by Gasteiger charge is 1.88. The molecular formula is C5H7O3. The molecule has 0 aliphatic heterocycles. The van der Waals surface area contributed by atoms with Crippen molar-refractivity contribution in [3.05, 3.63) is 12.3 Å². The van der Waals surface area contributed by atoms with Crippen LogP contribution in [0.3, 0.4) is 0 Å². The number of carbonyl (C=O) groups is 1. The van der Waals surface area contributed by atoms with Crippen LogP contribution in [0.4, 0.5) is 0 Å². The van der Waals surface area contributed by atoms with Gasteiger partial charge in [-0.3, -0.25) is 0 Å². The summed E-state index contributed by atoms with van der Waals surface area (Å²) in [4.78, 5) is 10.1. The molecule has 0 aromatic heterocycles. The SMILES string of the molecule is CO/C=[C]/C(=O)OC. The number of hydrogen-bond donors (Lipinski definition) is 0. The molecule has 0 heterocycles. The van der Waals surface area contributed by atoms with Crippen molar-refractivity contribution in [1.82, 2.24) is 0 Å². The van der Waals surface area contributed by atoms with E-state index in [0.29, 0.717) is 0 Å². The fourth-order valence-electron chi connectivity index (χ4n) is 0.166. The van der Waals surface area contributed by atoms with Crippen LogP contribution in [0.25, 0.3) is 0 Å². The molecule has 0 N–H and O–H groups in total. The summed E-state index contributed by atoms with van der Waals surface area (Å²) in [5.41, 5.74) is 0. The number of hydrogen-bond acceptors (Lipinski definition) is 3. The van der Waals surface area contributed by atoms with Gasteiger partial charge in [-0.15, -0.1) is 0 Å². The smallest absolute Gasteiger partial charge is 0.342 e. The van der Waals surface area contributed by atoms with Crippen LogP contribution in [0.5, 0.6) is 0 Å². The van der Waals surface area contributed by atoms with Gasteiger partial charge in [-0.05, 0) is 0 Å². The van der Waals surface area contributed by atoms with Crippen molar-refractivity contribution in [3.63, 3.8) is 0 Å². The zero-order valence-corrected chi connectivity index (χ0v) is 4.80. The van der Waals surface area contributed by atoms with E-state index in [1.165, 1.54) is 14.2 Å². The average Bonchev–Trinajstić information content (AvgIpc) is 1.83. The number of methoxy groups -OCH3 is 2. The second kappa shape index (κ2) is 4.18. The van der Waals surface area contributed by atoms with Crippen molar-refractivity contribution in [2.75, 3.05) is 14.2 Å². The van der Waals surface area contributed by atoms with Crippen molar-refractivity contribution in [2.45, 2.75) is 0 Å². The van der Waals surface area contributed by atoms with Gasteiger partial charge in [0.15, 0.2) is 0 Å². The maximum Gasteiger partial charge on any atom is 0.342 e. The molecule has 3 nitrogen and oxygen atoms in total. The van der Waals surface area contributed by atoms with Crippen LogP contribution < -0.4 is 0 Å². The fraction of sp³-hybridized carbons (Fsp3) is 0.400. The fourth-order valence-corrected chi connectivity index (χ4v) is 0.166. The third-order valence-electron chi connectivity index (χ3n) is 0.480. The lowest BCUT2D eigenvalue weighted by molar-refractivity contribution is -0.135. The van der Waals surface area contributed by atoms with Gasteiger partial charge in [0, 0.05) is 0 Å². The minimum Gasteiger partial charge on any atom is -0.503 e. The Morgan fingerprint density at radius 2 is 2.25 bits per heavy atom. The van der Waals surface area contributed by atoms with Gasteiger partial charge in [0.1, 0.15) is 6.08 Å². The summed E-state index contributed by atoms with van der Waals surface area (Å²) in [6, 6.07) is 0. The molecule has 8 heavy (non-hydrogen) atoms. The quantitative estimate of drug-likeness (QED) is 0.291. The van der Waals surface area contributed by atoms with Gasteiger partial charge in [0.05, 0.1) is 20.5 Å². The first kappa shape index (κ1) is 7.01. The minimum absolute atomic E-state index is 0.535. The Morgan fingerprint density at radius 3 is 2.62 bits per heavy atom. The summed E-state index contributed by atoms with van der Waals surface area (Å²) in [6.07, 6.45) is 3.30. The third kappa shape index (κ3) is 3.21. The Hall–Kier alpha value is -0.990. The number of rotatable bonds is 2. The number of ether oxygens (including phenoxy) is 2. The first-order chi connectivity index (χ1) is 3.81. The van der Waals surface area contributed by atoms with Gasteiger partial charge in [0.2, 0.25) is 0 Å². The van der Waals surface area contributed by atoms with E-state index >= 15 is 0 Å². The molecule has 0 unspecified atom stereocenters. The largest absolute Gasteiger partial charge is 0.503 e. The van der Waals surface area contributed by atoms with Gasteiger partial charge >= 0.3 is 5.97 Å². The lowest BCUT2D eigenvalue weighted by atomic mass is 10.6. The Morgan fingerprint density at radius 1 is 1.62 bits per heavy atom. The van der Waals surface area contributed by atoms with Gasteiger partial charge in [-0.25, -0.2) is 4.79 Å². The van der Waals surface area contributed by atoms with E-state index in [-0.39, 0.29) is 0 Å². The number of esters is 1. The van der Waals surface area contributed by atoms with Crippen LogP contribution in [-0.2, 0) is 14.3 Å². The van der Waals surface area contributed by atoms with Crippen LogP contribution in [0.1, 0.15) is 0 Å². The second-order valence-corrected chi connectivity index (χ2v) is 0.989. The maximum absolute atomic E-state index is 10.1. The molecule has 0 aliphatic carbocycles. The topological polar surface area (TPSA) is 35.5 Å². The van der Waals surface area contributed by atoms with Crippen LogP contribution in [0.2, 0.25) is 0 Å². The van der Waals surface area contributed by atoms with E-state index in [2.05, 4.69) is 15.5 Å². The van der Waals surface area contributed by atoms with E-state index in [1.807, 2.05) is 0 Å². The van der Waals surface area contributed by atoms with Crippen molar-refractivity contribution in [2.24, 2.45) is 0 Å². The molecule has 0 saturated heterocycles. The maximum atomic E-state index is 10.1. The molecule has 0 rings (SSSR count). The molecule has 0 saturated carbocycles. The molecule has 1 radical (unpaired) electrons. The highest BCUT2D eigenvalue weighted by molar-refractivity contribution is 5.76. The third-order valence-corrected chi connectivity index (χ3v) is 0.480. The van der Waals surface area contributed by atoms with Crippen LogP contribution in [-0.4, -0.2) is 20.2 Å². The highest BCUT2D eigenvalue weighted by Crippen LogP contribution is 1.74. The Bertz CT molecular complexity index is 95.8. The van der Waals surface area contributed by atoms with Crippen LogP contribution >= 0.6 is 0 Å². The average molecular weight is 115 g/mol. The van der Waals surface area contributed by atoms with Crippen molar-refractivity contribution >= 4 is 5.97 Å². The zero-order valence-electron chi connectivity index (χ0n) is 4.80. The standard InChI is InChI=1S/C5H7O3/c1-7-4-3-5(6)8-2/h4H,1-2H3. The van der Waals surface area contributed by atoms with Crippen LogP contribution in [0.15, 0.2) is 6.26 Å². The molecule has 0 atom stereocenters. The summed E-state index contributed by atoms with van der Waals surface area (Å²) in [7, 11) is 2.70. The van der Waals surface area contributed by atoms with E-state index in [4.69, 9.17) is 0 Å². The first-order valence-electron chi connectivity index (χ1n) is 2.00. The molecule has 0 aromatic carbocycles. The Balaban J connectivity index is 3.37. The number of carbonyl (C=O) groups excluding carboxylic acids is 1. The predicted molar refractivity (Wildman–Crippen MR) is 26.8 cm³/mol. The van der Waals surface area contributed by atoms with Gasteiger partial charge in [0.25, 0.3) is 0 Å². The molecular weight excluding hydrogens is 108 g/mol. The minimum atomic E-state index is -0.535. The lowest BCUT2D eigenvalue weighted by Crippen LogP contribution is -1.94. The van der Waals surface area contributed by atoms with Crippen molar-refractivity contribution in [1.29, 1.82) is 0 Å². The van der Waals surface area contributed by atoms with E-state index in [0.717, 1.165) is 6.26 Å². The van der Waals surface area contributed by atoms with Gasteiger partial charge in [-0.2, -0.15) is 0 Å². The van der Waals surface area contributed by atoms with E-state index < -0.39 is 5.97 Å². The highest BCUT2D eigenvalue weighted by atomic mass is 16.5. The molecule has 0 bridgehead atoms. The molecule has 0 fully saturated rings. The summed E-state index contributed by atoms with van der Waals surface area (Å²) >= 11 is 0. The first-order valence-corrected chi connectivity index (χ1v) is 2.00. The summed E-state index contributed by atoms with van der Waals surface area (Å²) in [6.45, 7) is 0. The molecule has 0 amide bonds. The Kier molecular flexibility index (Phi) is 3.66. The molecule has 0 aromatic rings. The van der Waals surface area contributed by atoms with Crippen LogP contribution in [0, 0.1) is 6.08 Å². The zero-order chi connectivity index (χ0) is 6.41. The monoisotopic (exact) mass is 115 g/mol. The van der Waals surface area contributed by atoms with Gasteiger partial charge < -0.3 is 9.47 Å². The molecule has 0 aliphatic rings. The second-order valence-electron chi connectivity index (χ2n) is 0.989. The lowest BCUT2D eigenvalue weighted by Gasteiger charge is -1.86. The molecule has 45 valence electrons. The molecule has 3 heteroatoms. The van der Waals surface area contributed by atoms with Gasteiger partial charge in [-0.1, -0.05) is 0 Å². The van der Waals surface area contributed by atoms with E-state index in [9.17, 15) is 4.79 Å². The molecule has 0 spiro atoms. The summed E-state index contributed by atoms with van der Waals surface area (Å²) < 4.78 is 8.57.